The van der Waals surface area contributed by atoms with Crippen LogP contribution in [0.1, 0.15) is 13.3 Å². The summed E-state index contributed by atoms with van der Waals surface area (Å²) >= 11 is 0. The smallest absolute Gasteiger partial charge is 0.227 e. The number of aromatic nitrogens is 3. The Kier molecular flexibility index (Phi) is 4.47. The van der Waals surface area contributed by atoms with E-state index >= 15 is 0 Å². The Morgan fingerprint density at radius 1 is 1.40 bits per heavy atom. The first kappa shape index (κ1) is 14.2. The van der Waals surface area contributed by atoms with E-state index in [0.717, 1.165) is 17.1 Å². The molecular weight excluding hydrogens is 254 g/mol. The normalized spacial score (nSPS) is 12.2. The molecule has 6 nitrogen and oxygen atoms in total. The van der Waals surface area contributed by atoms with Crippen molar-refractivity contribution in [3.63, 3.8) is 0 Å². The first-order chi connectivity index (χ1) is 9.61. The van der Waals surface area contributed by atoms with Crippen molar-refractivity contribution in [2.45, 2.75) is 13.3 Å². The summed E-state index contributed by atoms with van der Waals surface area (Å²) in [5, 5.41) is 10.8. The number of amides is 1. The molecule has 0 saturated heterocycles. The van der Waals surface area contributed by atoms with Crippen molar-refractivity contribution in [1.82, 2.24) is 14.8 Å². The van der Waals surface area contributed by atoms with Gasteiger partial charge in [0.15, 0.2) is 5.82 Å². The highest BCUT2D eigenvalue weighted by Crippen LogP contribution is 2.19. The van der Waals surface area contributed by atoms with E-state index in [2.05, 4.69) is 15.5 Å². The lowest BCUT2D eigenvalue weighted by Crippen LogP contribution is -2.22. The molecule has 1 heterocycles. The van der Waals surface area contributed by atoms with E-state index in [9.17, 15) is 4.79 Å². The summed E-state index contributed by atoms with van der Waals surface area (Å²) in [6, 6.07) is 7.54. The molecule has 0 aliphatic rings. The molecule has 0 bridgehead atoms. The molecule has 1 aromatic heterocycles. The lowest BCUT2D eigenvalue weighted by atomic mass is 10.1. The summed E-state index contributed by atoms with van der Waals surface area (Å²) in [5.41, 5.74) is 7.18. The van der Waals surface area contributed by atoms with Gasteiger partial charge in [0.05, 0.1) is 0 Å². The molecule has 106 valence electrons. The molecule has 1 unspecified atom stereocenters. The number of rotatable bonds is 5. The molecule has 0 spiro atoms. The van der Waals surface area contributed by atoms with Gasteiger partial charge in [0.2, 0.25) is 5.91 Å². The zero-order valence-corrected chi connectivity index (χ0v) is 11.7. The van der Waals surface area contributed by atoms with Crippen LogP contribution < -0.4 is 11.1 Å². The maximum atomic E-state index is 11.9. The molecule has 0 fully saturated rings. The van der Waals surface area contributed by atoms with Gasteiger partial charge in [-0.05, 0) is 37.2 Å². The topological polar surface area (TPSA) is 85.8 Å². The number of benzene rings is 1. The largest absolute Gasteiger partial charge is 0.330 e. The van der Waals surface area contributed by atoms with E-state index in [0.29, 0.717) is 13.0 Å². The van der Waals surface area contributed by atoms with Gasteiger partial charge in [0.1, 0.15) is 6.33 Å². The minimum atomic E-state index is -0.0848. The Labute approximate surface area is 118 Å². The Hall–Kier alpha value is -2.21. The van der Waals surface area contributed by atoms with E-state index in [1.54, 1.807) is 6.33 Å². The van der Waals surface area contributed by atoms with Crippen LogP contribution in [0.25, 0.3) is 11.4 Å². The molecule has 3 N–H and O–H groups in total. The summed E-state index contributed by atoms with van der Waals surface area (Å²) < 4.78 is 1.84. The van der Waals surface area contributed by atoms with Gasteiger partial charge in [0, 0.05) is 24.2 Å². The molecule has 1 amide bonds. The standard InChI is InChI=1S/C14H19N5O/c1-10(7-8-15)14(20)17-12-5-3-11(4-6-12)13-18-16-9-19(13)2/h3-6,9-10H,7-8,15H2,1-2H3,(H,17,20). The average Bonchev–Trinajstić information content (AvgIpc) is 2.86. The molecule has 6 heteroatoms. The molecule has 20 heavy (non-hydrogen) atoms. The minimum absolute atomic E-state index is 0.0122. The van der Waals surface area contributed by atoms with E-state index in [1.807, 2.05) is 42.8 Å². The van der Waals surface area contributed by atoms with Gasteiger partial charge in [-0.25, -0.2) is 0 Å². The van der Waals surface area contributed by atoms with Crippen molar-refractivity contribution in [2.75, 3.05) is 11.9 Å². The lowest BCUT2D eigenvalue weighted by Gasteiger charge is -2.11. The van der Waals surface area contributed by atoms with Crippen molar-refractivity contribution in [3.05, 3.63) is 30.6 Å². The Bertz CT molecular complexity index is 576. The van der Waals surface area contributed by atoms with Crippen LogP contribution in [0.15, 0.2) is 30.6 Å². The van der Waals surface area contributed by atoms with Crippen molar-refractivity contribution in [3.8, 4) is 11.4 Å². The lowest BCUT2D eigenvalue weighted by molar-refractivity contribution is -0.119. The highest BCUT2D eigenvalue weighted by Gasteiger charge is 2.12. The van der Waals surface area contributed by atoms with Crippen LogP contribution in [0.5, 0.6) is 0 Å². The van der Waals surface area contributed by atoms with Gasteiger partial charge in [-0.1, -0.05) is 6.92 Å². The molecule has 2 aromatic rings. The van der Waals surface area contributed by atoms with Gasteiger partial charge in [-0.2, -0.15) is 0 Å². The third-order valence-electron chi connectivity index (χ3n) is 3.17. The van der Waals surface area contributed by atoms with E-state index in [4.69, 9.17) is 5.73 Å². The van der Waals surface area contributed by atoms with Crippen molar-refractivity contribution in [2.24, 2.45) is 18.7 Å². The zero-order valence-electron chi connectivity index (χ0n) is 11.7. The average molecular weight is 273 g/mol. The number of nitrogens with two attached hydrogens (primary N) is 1. The number of hydrogen-bond acceptors (Lipinski definition) is 4. The maximum Gasteiger partial charge on any atom is 0.227 e. The second-order valence-corrected chi connectivity index (χ2v) is 4.81. The van der Waals surface area contributed by atoms with E-state index < -0.39 is 0 Å². The van der Waals surface area contributed by atoms with Gasteiger partial charge in [-0.3, -0.25) is 4.79 Å². The van der Waals surface area contributed by atoms with Crippen molar-refractivity contribution < 1.29 is 4.79 Å². The first-order valence-electron chi connectivity index (χ1n) is 6.57. The van der Waals surface area contributed by atoms with Crippen LogP contribution in [0.4, 0.5) is 5.69 Å². The quantitative estimate of drug-likeness (QED) is 0.862. The van der Waals surface area contributed by atoms with Crippen LogP contribution in [0, 0.1) is 5.92 Å². The zero-order chi connectivity index (χ0) is 14.5. The summed E-state index contributed by atoms with van der Waals surface area (Å²) in [7, 11) is 1.89. The van der Waals surface area contributed by atoms with E-state index in [-0.39, 0.29) is 11.8 Å². The Balaban J connectivity index is 2.06. The second-order valence-electron chi connectivity index (χ2n) is 4.81. The van der Waals surface area contributed by atoms with Crippen LogP contribution in [-0.2, 0) is 11.8 Å². The van der Waals surface area contributed by atoms with Crippen LogP contribution >= 0.6 is 0 Å². The van der Waals surface area contributed by atoms with Crippen LogP contribution in [-0.4, -0.2) is 27.2 Å². The Morgan fingerprint density at radius 3 is 2.65 bits per heavy atom. The van der Waals surface area contributed by atoms with Gasteiger partial charge in [0.25, 0.3) is 0 Å². The number of aryl methyl sites for hydroxylation is 1. The number of nitrogens with one attached hydrogen (secondary N) is 1. The molecule has 1 aromatic carbocycles. The molecule has 0 aliphatic carbocycles. The summed E-state index contributed by atoms with van der Waals surface area (Å²) in [6.45, 7) is 2.38. The van der Waals surface area contributed by atoms with Gasteiger partial charge in [-0.15, -0.1) is 10.2 Å². The number of carbonyl (C=O) groups is 1. The predicted molar refractivity (Wildman–Crippen MR) is 77.9 cm³/mol. The Morgan fingerprint density at radius 2 is 2.10 bits per heavy atom. The third-order valence-corrected chi connectivity index (χ3v) is 3.17. The molecule has 1 atom stereocenters. The number of nitrogens with zero attached hydrogens (tertiary/aromatic N) is 3. The highest BCUT2D eigenvalue weighted by molar-refractivity contribution is 5.92. The summed E-state index contributed by atoms with van der Waals surface area (Å²) in [5.74, 6) is 0.694. The molecular formula is C14H19N5O. The first-order valence-corrected chi connectivity index (χ1v) is 6.57. The number of carbonyl (C=O) groups excluding carboxylic acids is 1. The molecule has 0 radical (unpaired) electrons. The van der Waals surface area contributed by atoms with Gasteiger partial charge < -0.3 is 15.6 Å². The predicted octanol–water partition coefficient (Wildman–Crippen LogP) is 1.41. The fraction of sp³-hybridized carbons (Fsp3) is 0.357. The third kappa shape index (κ3) is 3.21. The van der Waals surface area contributed by atoms with Crippen molar-refractivity contribution >= 4 is 11.6 Å². The van der Waals surface area contributed by atoms with Gasteiger partial charge >= 0.3 is 0 Å². The van der Waals surface area contributed by atoms with Crippen LogP contribution in [0.2, 0.25) is 0 Å². The summed E-state index contributed by atoms with van der Waals surface area (Å²) in [4.78, 5) is 11.9. The van der Waals surface area contributed by atoms with E-state index in [1.165, 1.54) is 0 Å². The number of anilines is 1. The highest BCUT2D eigenvalue weighted by atomic mass is 16.1. The maximum absolute atomic E-state index is 11.9. The molecule has 0 saturated carbocycles. The van der Waals surface area contributed by atoms with Crippen molar-refractivity contribution in [1.29, 1.82) is 0 Å². The monoisotopic (exact) mass is 273 g/mol. The SMILES string of the molecule is CC(CCN)C(=O)Nc1ccc(-c2nncn2C)cc1. The fourth-order valence-electron chi connectivity index (χ4n) is 1.89. The minimum Gasteiger partial charge on any atom is -0.330 e. The fourth-order valence-corrected chi connectivity index (χ4v) is 1.89. The molecule has 2 rings (SSSR count). The summed E-state index contributed by atoms with van der Waals surface area (Å²) in [6.07, 6.45) is 2.34. The number of hydrogen-bond donors (Lipinski definition) is 2. The molecule has 0 aliphatic heterocycles. The van der Waals surface area contributed by atoms with Crippen LogP contribution in [0.3, 0.4) is 0 Å². The second kappa shape index (κ2) is 6.29.